The summed E-state index contributed by atoms with van der Waals surface area (Å²) in [6.07, 6.45) is -2.62. The van der Waals surface area contributed by atoms with Crippen LogP contribution >= 0.6 is 11.8 Å². The first kappa shape index (κ1) is 18.6. The molecule has 0 amide bonds. The maximum atomic E-state index is 13.3. The van der Waals surface area contributed by atoms with Gasteiger partial charge in [0.2, 0.25) is 11.8 Å². The Hall–Kier alpha value is -2.40. The molecule has 2 fully saturated rings. The topological polar surface area (TPSA) is 69.0 Å². The summed E-state index contributed by atoms with van der Waals surface area (Å²) in [6.45, 7) is 2.66. The number of anilines is 1. The Morgan fingerprint density at radius 3 is 2.52 bits per heavy atom. The van der Waals surface area contributed by atoms with Crippen LogP contribution in [0.2, 0.25) is 0 Å². The van der Waals surface area contributed by atoms with E-state index < -0.39 is 12.0 Å². The number of benzene rings is 1. The van der Waals surface area contributed by atoms with Gasteiger partial charge in [-0.2, -0.15) is 13.2 Å². The second kappa shape index (κ2) is 7.13. The van der Waals surface area contributed by atoms with Crippen molar-refractivity contribution in [3.8, 4) is 0 Å². The van der Waals surface area contributed by atoms with Crippen LogP contribution in [0.4, 0.5) is 19.1 Å². The van der Waals surface area contributed by atoms with Crippen molar-refractivity contribution in [2.75, 3.05) is 31.2 Å². The lowest BCUT2D eigenvalue weighted by Gasteiger charge is -2.27. The Balaban J connectivity index is 1.57. The summed E-state index contributed by atoms with van der Waals surface area (Å²) in [7, 11) is 0. The lowest BCUT2D eigenvalue weighted by Crippen LogP contribution is -2.38. The minimum atomic E-state index is -4.62. The molecule has 1 aliphatic heterocycles. The molecule has 0 N–H and O–H groups in total. The Bertz CT molecular complexity index is 1050. The third-order valence-electron chi connectivity index (χ3n) is 4.86. The van der Waals surface area contributed by atoms with Crippen molar-refractivity contribution in [2.24, 2.45) is 0 Å². The highest BCUT2D eigenvalue weighted by Crippen LogP contribution is 2.43. The van der Waals surface area contributed by atoms with Crippen molar-refractivity contribution in [1.82, 2.24) is 24.7 Å². The van der Waals surface area contributed by atoms with E-state index in [2.05, 4.69) is 25.1 Å². The van der Waals surface area contributed by atoms with E-state index in [9.17, 15) is 13.2 Å². The van der Waals surface area contributed by atoms with Gasteiger partial charge < -0.3 is 9.64 Å². The van der Waals surface area contributed by atoms with Gasteiger partial charge in [-0.3, -0.25) is 4.57 Å². The predicted molar refractivity (Wildman–Crippen MR) is 100.0 cm³/mol. The summed E-state index contributed by atoms with van der Waals surface area (Å²) >= 11 is 1.11. The second-order valence-corrected chi connectivity index (χ2v) is 7.91. The normalized spacial score (nSPS) is 17.8. The third-order valence-corrected chi connectivity index (χ3v) is 5.83. The quantitative estimate of drug-likeness (QED) is 0.596. The number of halogens is 3. The number of aromatic nitrogens is 5. The molecular formula is C18H17F3N6OS. The highest BCUT2D eigenvalue weighted by molar-refractivity contribution is 7.99. The standard InChI is InChI=1S/C18H17F3N6OS/c19-18(20,21)15-22-13-4-2-1-3-12(13)14(23-15)29-17-25-24-16(27(17)11-5-6-11)26-7-9-28-10-8-26/h1-4,11H,5-10H2. The SMILES string of the molecule is FC(F)(F)c1nc(Sc2nnc(N3CCOCC3)n2C2CC2)c2ccccc2n1. The van der Waals surface area contributed by atoms with Gasteiger partial charge in [0.25, 0.3) is 0 Å². The third kappa shape index (κ3) is 3.64. The van der Waals surface area contributed by atoms with Gasteiger partial charge in [0.05, 0.1) is 18.7 Å². The molecule has 1 saturated carbocycles. The van der Waals surface area contributed by atoms with Crippen molar-refractivity contribution in [2.45, 2.75) is 35.2 Å². The van der Waals surface area contributed by atoms with E-state index >= 15 is 0 Å². The maximum absolute atomic E-state index is 13.3. The molecule has 0 radical (unpaired) electrons. The van der Waals surface area contributed by atoms with Crippen LogP contribution in [0.5, 0.6) is 0 Å². The van der Waals surface area contributed by atoms with E-state index in [-0.39, 0.29) is 16.6 Å². The fraction of sp³-hybridized carbons (Fsp3) is 0.444. The molecule has 0 bridgehead atoms. The van der Waals surface area contributed by atoms with Crippen molar-refractivity contribution >= 4 is 28.6 Å². The van der Waals surface area contributed by atoms with Crippen LogP contribution in [-0.4, -0.2) is 51.0 Å². The van der Waals surface area contributed by atoms with E-state index in [1.54, 1.807) is 24.3 Å². The van der Waals surface area contributed by atoms with Crippen LogP contribution in [0.1, 0.15) is 24.7 Å². The van der Waals surface area contributed by atoms with E-state index in [4.69, 9.17) is 4.74 Å². The molecule has 7 nitrogen and oxygen atoms in total. The number of rotatable bonds is 4. The number of hydrogen-bond acceptors (Lipinski definition) is 7. The zero-order chi connectivity index (χ0) is 20.0. The van der Waals surface area contributed by atoms with Crippen LogP contribution in [0.15, 0.2) is 34.4 Å². The van der Waals surface area contributed by atoms with Gasteiger partial charge in [-0.1, -0.05) is 18.2 Å². The minimum absolute atomic E-state index is 0.228. The van der Waals surface area contributed by atoms with Crippen molar-refractivity contribution in [1.29, 1.82) is 0 Å². The first-order valence-corrected chi connectivity index (χ1v) is 10.1. The van der Waals surface area contributed by atoms with Gasteiger partial charge in [0.15, 0.2) is 5.16 Å². The molecular weight excluding hydrogens is 405 g/mol. The fourth-order valence-electron chi connectivity index (χ4n) is 3.31. The summed E-state index contributed by atoms with van der Waals surface area (Å²) in [5.41, 5.74) is 0.253. The Morgan fingerprint density at radius 2 is 1.79 bits per heavy atom. The van der Waals surface area contributed by atoms with Crippen LogP contribution in [0, 0.1) is 0 Å². The molecule has 3 aromatic rings. The monoisotopic (exact) mass is 422 g/mol. The molecule has 0 spiro atoms. The highest BCUT2D eigenvalue weighted by Gasteiger charge is 2.36. The number of hydrogen-bond donors (Lipinski definition) is 0. The van der Waals surface area contributed by atoms with Gasteiger partial charge in [-0.25, -0.2) is 9.97 Å². The van der Waals surface area contributed by atoms with Crippen LogP contribution in [0.3, 0.4) is 0 Å². The Kier molecular flexibility index (Phi) is 4.58. The Morgan fingerprint density at radius 1 is 1.03 bits per heavy atom. The minimum Gasteiger partial charge on any atom is -0.378 e. The summed E-state index contributed by atoms with van der Waals surface area (Å²) in [5, 5.41) is 9.98. The average Bonchev–Trinajstić information content (AvgIpc) is 3.48. The van der Waals surface area contributed by atoms with Gasteiger partial charge in [0, 0.05) is 24.5 Å². The number of ether oxygens (including phenoxy) is 1. The summed E-state index contributed by atoms with van der Waals surface area (Å²) < 4.78 is 47.4. The number of para-hydroxylation sites is 1. The molecule has 1 aliphatic carbocycles. The number of morpholine rings is 1. The number of fused-ring (bicyclic) bond motifs is 1. The predicted octanol–water partition coefficient (Wildman–Crippen LogP) is 3.56. The molecule has 2 aromatic heterocycles. The maximum Gasteiger partial charge on any atom is 0.451 e. The molecule has 2 aliphatic rings. The van der Waals surface area contributed by atoms with Crippen LogP contribution in [0.25, 0.3) is 10.9 Å². The molecule has 29 heavy (non-hydrogen) atoms. The number of alkyl halides is 3. The summed E-state index contributed by atoms with van der Waals surface area (Å²) in [4.78, 5) is 9.61. The Labute approximate surface area is 168 Å². The molecule has 11 heteroatoms. The largest absolute Gasteiger partial charge is 0.451 e. The lowest BCUT2D eigenvalue weighted by molar-refractivity contribution is -0.145. The van der Waals surface area contributed by atoms with Gasteiger partial charge in [-0.05, 0) is 30.7 Å². The van der Waals surface area contributed by atoms with E-state index in [0.717, 1.165) is 30.6 Å². The molecule has 5 rings (SSSR count). The highest BCUT2D eigenvalue weighted by atomic mass is 32.2. The van der Waals surface area contributed by atoms with Crippen molar-refractivity contribution in [3.63, 3.8) is 0 Å². The van der Waals surface area contributed by atoms with E-state index in [0.29, 0.717) is 36.8 Å². The van der Waals surface area contributed by atoms with Crippen LogP contribution in [-0.2, 0) is 10.9 Å². The zero-order valence-corrected chi connectivity index (χ0v) is 16.1. The first-order chi connectivity index (χ1) is 14.0. The van der Waals surface area contributed by atoms with Gasteiger partial charge >= 0.3 is 6.18 Å². The molecule has 0 unspecified atom stereocenters. The number of nitrogens with zero attached hydrogens (tertiary/aromatic N) is 6. The average molecular weight is 422 g/mol. The molecule has 152 valence electrons. The van der Waals surface area contributed by atoms with Crippen molar-refractivity contribution in [3.05, 3.63) is 30.1 Å². The molecule has 0 atom stereocenters. The van der Waals surface area contributed by atoms with Gasteiger partial charge in [0.1, 0.15) is 5.03 Å². The second-order valence-electron chi connectivity index (χ2n) is 6.95. The van der Waals surface area contributed by atoms with E-state index in [1.807, 2.05) is 4.57 Å². The van der Waals surface area contributed by atoms with E-state index in [1.165, 1.54) is 0 Å². The molecule has 1 saturated heterocycles. The summed E-state index contributed by atoms with van der Waals surface area (Å²) in [6, 6.07) is 6.96. The molecule has 1 aromatic carbocycles. The zero-order valence-electron chi connectivity index (χ0n) is 15.3. The van der Waals surface area contributed by atoms with Gasteiger partial charge in [-0.15, -0.1) is 10.2 Å². The first-order valence-electron chi connectivity index (χ1n) is 9.30. The molecule has 3 heterocycles. The summed E-state index contributed by atoms with van der Waals surface area (Å²) in [5.74, 6) is -0.405. The lowest BCUT2D eigenvalue weighted by atomic mass is 10.2. The smallest absolute Gasteiger partial charge is 0.378 e. The fourth-order valence-corrected chi connectivity index (χ4v) is 4.31. The van der Waals surface area contributed by atoms with Crippen LogP contribution < -0.4 is 4.90 Å². The van der Waals surface area contributed by atoms with Crippen molar-refractivity contribution < 1.29 is 17.9 Å².